The van der Waals surface area contributed by atoms with E-state index in [1.165, 1.54) is 9.21 Å². The number of halogens is 1. The molecule has 1 aromatic rings. The summed E-state index contributed by atoms with van der Waals surface area (Å²) in [5.41, 5.74) is 0. The first kappa shape index (κ1) is 23.8. The Kier molecular flexibility index (Phi) is 9.06. The lowest BCUT2D eigenvalue weighted by Crippen LogP contribution is -2.47. The molecule has 0 spiro atoms. The summed E-state index contributed by atoms with van der Waals surface area (Å²) in [5.74, 6) is -0.917. The zero-order valence-corrected chi connectivity index (χ0v) is 19.2. The highest BCUT2D eigenvalue weighted by atomic mass is 79.9. The van der Waals surface area contributed by atoms with E-state index >= 15 is 0 Å². The van der Waals surface area contributed by atoms with Gasteiger partial charge in [-0.2, -0.15) is 4.31 Å². The number of carbonyl (C=O) groups excluding carboxylic acids is 2. The van der Waals surface area contributed by atoms with Crippen molar-refractivity contribution in [2.75, 3.05) is 46.9 Å². The third-order valence-electron chi connectivity index (χ3n) is 4.79. The average molecular weight is 490 g/mol. The highest BCUT2D eigenvalue weighted by Crippen LogP contribution is 2.25. The predicted molar refractivity (Wildman–Crippen MR) is 113 cm³/mol. The molecule has 1 aromatic carbocycles. The first-order valence-corrected chi connectivity index (χ1v) is 11.8. The van der Waals surface area contributed by atoms with Crippen molar-refractivity contribution in [2.45, 2.75) is 24.2 Å². The number of methoxy groups -OCH3 is 1. The summed E-state index contributed by atoms with van der Waals surface area (Å²) in [5, 5.41) is 2.74. The minimum Gasteiger partial charge on any atom is -0.385 e. The first-order chi connectivity index (χ1) is 13.8. The van der Waals surface area contributed by atoms with Crippen molar-refractivity contribution in [3.63, 3.8) is 0 Å². The van der Waals surface area contributed by atoms with Gasteiger partial charge in [0.1, 0.15) is 0 Å². The van der Waals surface area contributed by atoms with Gasteiger partial charge < -0.3 is 15.0 Å². The van der Waals surface area contributed by atoms with Crippen molar-refractivity contribution in [2.24, 2.45) is 5.92 Å². The maximum Gasteiger partial charge on any atom is 0.243 e. The lowest BCUT2D eigenvalue weighted by atomic mass is 9.98. The summed E-state index contributed by atoms with van der Waals surface area (Å²) in [6, 6.07) is 6.45. The van der Waals surface area contributed by atoms with Crippen LogP contribution in [0.25, 0.3) is 0 Å². The molecule has 1 heterocycles. The van der Waals surface area contributed by atoms with Gasteiger partial charge in [0.2, 0.25) is 21.8 Å². The molecule has 8 nitrogen and oxygen atoms in total. The van der Waals surface area contributed by atoms with Crippen molar-refractivity contribution < 1.29 is 22.7 Å². The van der Waals surface area contributed by atoms with Crippen molar-refractivity contribution in [1.82, 2.24) is 14.5 Å². The summed E-state index contributed by atoms with van der Waals surface area (Å²) >= 11 is 3.30. The Hall–Kier alpha value is -1.49. The van der Waals surface area contributed by atoms with Crippen LogP contribution in [0.15, 0.2) is 33.6 Å². The number of hydrogen-bond donors (Lipinski definition) is 1. The van der Waals surface area contributed by atoms with E-state index < -0.39 is 15.9 Å². The molecular formula is C19H28BrN3O5S. The zero-order chi connectivity index (χ0) is 21.4. The number of rotatable bonds is 9. The molecule has 2 amide bonds. The van der Waals surface area contributed by atoms with Gasteiger partial charge in [0, 0.05) is 44.9 Å². The fourth-order valence-electron chi connectivity index (χ4n) is 3.22. The van der Waals surface area contributed by atoms with Crippen molar-refractivity contribution >= 4 is 37.8 Å². The third-order valence-corrected chi connectivity index (χ3v) is 7.20. The largest absolute Gasteiger partial charge is 0.385 e. The zero-order valence-electron chi connectivity index (χ0n) is 16.8. The van der Waals surface area contributed by atoms with Crippen LogP contribution in [0.4, 0.5) is 0 Å². The van der Waals surface area contributed by atoms with E-state index in [-0.39, 0.29) is 29.8 Å². The Bertz CT molecular complexity index is 801. The van der Waals surface area contributed by atoms with Gasteiger partial charge in [0.25, 0.3) is 0 Å². The van der Waals surface area contributed by atoms with Gasteiger partial charge in [-0.05, 0) is 43.5 Å². The number of nitrogens with zero attached hydrogens (tertiary/aromatic N) is 2. The third kappa shape index (κ3) is 6.77. The van der Waals surface area contributed by atoms with Crippen LogP contribution in [0.1, 0.15) is 19.3 Å². The second kappa shape index (κ2) is 11.1. The number of carbonyl (C=O) groups is 2. The number of sulfonamides is 1. The molecule has 29 heavy (non-hydrogen) atoms. The molecular weight excluding hydrogens is 462 g/mol. The molecule has 162 valence electrons. The maximum absolute atomic E-state index is 12.9. The van der Waals surface area contributed by atoms with E-state index in [4.69, 9.17) is 4.74 Å². The van der Waals surface area contributed by atoms with Crippen LogP contribution in [0.2, 0.25) is 0 Å². The lowest BCUT2D eigenvalue weighted by Gasteiger charge is -2.33. The van der Waals surface area contributed by atoms with Crippen LogP contribution >= 0.6 is 15.9 Å². The molecule has 1 atom stereocenters. The number of ether oxygens (including phenoxy) is 1. The number of piperidine rings is 1. The number of likely N-dealkylation sites (N-methyl/N-ethyl adjacent to an activating group) is 1. The summed E-state index contributed by atoms with van der Waals surface area (Å²) in [7, 11) is -0.496. The summed E-state index contributed by atoms with van der Waals surface area (Å²) in [4.78, 5) is 26.3. The van der Waals surface area contributed by atoms with E-state index in [2.05, 4.69) is 21.2 Å². The summed E-state index contributed by atoms with van der Waals surface area (Å²) in [6.45, 7) is 1.49. The molecule has 0 aliphatic carbocycles. The molecule has 0 bridgehead atoms. The Labute approximate surface area is 180 Å². The monoisotopic (exact) mass is 489 g/mol. The second-order valence-corrected chi connectivity index (χ2v) is 9.90. The smallest absolute Gasteiger partial charge is 0.243 e. The van der Waals surface area contributed by atoms with Crippen LogP contribution in [0.5, 0.6) is 0 Å². The van der Waals surface area contributed by atoms with Gasteiger partial charge in [-0.1, -0.05) is 15.9 Å². The average Bonchev–Trinajstić information content (AvgIpc) is 2.71. The molecule has 1 aliphatic rings. The Morgan fingerprint density at radius 2 is 2.00 bits per heavy atom. The number of hydrogen-bond acceptors (Lipinski definition) is 5. The van der Waals surface area contributed by atoms with Gasteiger partial charge in [0.15, 0.2) is 0 Å². The van der Waals surface area contributed by atoms with Gasteiger partial charge in [0.05, 0.1) is 17.4 Å². The van der Waals surface area contributed by atoms with E-state index in [0.29, 0.717) is 39.0 Å². The molecule has 1 aliphatic heterocycles. The van der Waals surface area contributed by atoms with Crippen molar-refractivity contribution in [3.05, 3.63) is 28.7 Å². The van der Waals surface area contributed by atoms with Crippen LogP contribution in [0, 0.1) is 5.92 Å². The van der Waals surface area contributed by atoms with Crippen molar-refractivity contribution in [3.8, 4) is 0 Å². The molecule has 0 radical (unpaired) electrons. The number of benzene rings is 1. The van der Waals surface area contributed by atoms with Crippen molar-refractivity contribution in [1.29, 1.82) is 0 Å². The predicted octanol–water partition coefficient (Wildman–Crippen LogP) is 1.46. The van der Waals surface area contributed by atoms with E-state index in [9.17, 15) is 18.0 Å². The minimum absolute atomic E-state index is 0.0538. The highest BCUT2D eigenvalue weighted by molar-refractivity contribution is 9.10. The fraction of sp³-hybridized carbons (Fsp3) is 0.579. The molecule has 0 aromatic heterocycles. The second-order valence-electron chi connectivity index (χ2n) is 7.05. The highest BCUT2D eigenvalue weighted by Gasteiger charge is 2.34. The topological polar surface area (TPSA) is 96.0 Å². The van der Waals surface area contributed by atoms with Gasteiger partial charge in [-0.15, -0.1) is 0 Å². The number of amides is 2. The Morgan fingerprint density at radius 1 is 1.31 bits per heavy atom. The molecule has 2 rings (SSSR count). The molecule has 1 unspecified atom stereocenters. The van der Waals surface area contributed by atoms with Crippen LogP contribution in [0.3, 0.4) is 0 Å². The van der Waals surface area contributed by atoms with Crippen LogP contribution < -0.4 is 5.32 Å². The maximum atomic E-state index is 12.9. The quantitative estimate of drug-likeness (QED) is 0.529. The van der Waals surface area contributed by atoms with Crippen LogP contribution in [-0.2, 0) is 24.3 Å². The summed E-state index contributed by atoms with van der Waals surface area (Å²) < 4.78 is 32.9. The van der Waals surface area contributed by atoms with Gasteiger partial charge >= 0.3 is 0 Å². The molecule has 0 saturated carbocycles. The Morgan fingerprint density at radius 3 is 2.66 bits per heavy atom. The molecule has 1 fully saturated rings. The van der Waals surface area contributed by atoms with E-state index in [0.717, 1.165) is 4.47 Å². The number of nitrogens with one attached hydrogen (secondary N) is 1. The fourth-order valence-corrected chi connectivity index (χ4v) is 5.01. The van der Waals surface area contributed by atoms with Crippen LogP contribution in [-0.4, -0.2) is 76.4 Å². The summed E-state index contributed by atoms with van der Waals surface area (Å²) in [6.07, 6.45) is 1.90. The standard InChI is InChI=1S/C19H28BrN3O5S/c1-22(14-18(24)21-10-4-12-28-2)19(25)15-5-3-11-23(13-15)29(26,27)17-8-6-16(20)7-9-17/h6-9,15H,3-5,10-14H2,1-2H3,(H,21,24). The molecule has 1 saturated heterocycles. The van der Waals surface area contributed by atoms with Gasteiger partial charge in [-0.25, -0.2) is 8.42 Å². The molecule has 10 heteroatoms. The lowest BCUT2D eigenvalue weighted by molar-refractivity contribution is -0.139. The van der Waals surface area contributed by atoms with Gasteiger partial charge in [-0.3, -0.25) is 9.59 Å². The normalized spacial score (nSPS) is 17.7. The Balaban J connectivity index is 1.94. The molecule has 1 N–H and O–H groups in total. The minimum atomic E-state index is -3.66. The first-order valence-electron chi connectivity index (χ1n) is 9.52. The SMILES string of the molecule is COCCCNC(=O)CN(C)C(=O)C1CCCN(S(=O)(=O)c2ccc(Br)cc2)C1. The van der Waals surface area contributed by atoms with E-state index in [1.807, 2.05) is 0 Å². The van der Waals surface area contributed by atoms with E-state index in [1.54, 1.807) is 38.4 Å².